The molecule has 2 aromatic carbocycles. The van der Waals surface area contributed by atoms with E-state index in [1.54, 1.807) is 6.07 Å². The predicted octanol–water partition coefficient (Wildman–Crippen LogP) is 3.40. The topological polar surface area (TPSA) is 54.5 Å². The summed E-state index contributed by atoms with van der Waals surface area (Å²) in [5, 5.41) is 1.13. The van der Waals surface area contributed by atoms with Crippen LogP contribution in [0.1, 0.15) is 21.5 Å². The number of carbonyl (C=O) groups excluding carboxylic acids is 1. The molecule has 0 aliphatic carbocycles. The molecule has 4 nitrogen and oxygen atoms in total. The quantitative estimate of drug-likeness (QED) is 0.844. The Bertz CT molecular complexity index is 966. The number of nitrogens with zero attached hydrogens (tertiary/aromatic N) is 1. The number of aryl methyl sites for hydroxylation is 2. The van der Waals surface area contributed by atoms with Crippen LogP contribution in [0, 0.1) is 19.7 Å². The van der Waals surface area contributed by atoms with Gasteiger partial charge in [0.2, 0.25) is 0 Å². The van der Waals surface area contributed by atoms with E-state index >= 15 is 0 Å². The molecule has 1 atom stereocenters. The van der Waals surface area contributed by atoms with E-state index in [2.05, 4.69) is 0 Å². The van der Waals surface area contributed by atoms with Gasteiger partial charge in [0, 0.05) is 16.7 Å². The van der Waals surface area contributed by atoms with Crippen LogP contribution in [0.2, 0.25) is 0 Å². The van der Waals surface area contributed by atoms with E-state index in [-0.39, 0.29) is 11.3 Å². The maximum Gasteiger partial charge on any atom is 0.258 e. The summed E-state index contributed by atoms with van der Waals surface area (Å²) in [5.74, 6) is -1.13. The number of rotatable bonds is 3. The summed E-state index contributed by atoms with van der Waals surface area (Å²) < 4.78 is 37.2. The molecule has 0 N–H and O–H groups in total. The molecule has 0 radical (unpaired) electrons. The molecule has 25 heavy (non-hydrogen) atoms. The highest BCUT2D eigenvalue weighted by atomic mass is 32.2. The molecule has 0 saturated carbocycles. The van der Waals surface area contributed by atoms with E-state index in [1.807, 2.05) is 26.0 Å². The number of carbonyl (C=O) groups is 1. The van der Waals surface area contributed by atoms with Gasteiger partial charge in [-0.2, -0.15) is 0 Å². The molecule has 6 heteroatoms. The van der Waals surface area contributed by atoms with Crippen molar-refractivity contribution in [2.45, 2.75) is 19.9 Å². The van der Waals surface area contributed by atoms with Gasteiger partial charge in [-0.15, -0.1) is 0 Å². The average molecular weight is 359 g/mol. The highest BCUT2D eigenvalue weighted by Gasteiger charge is 2.32. The van der Waals surface area contributed by atoms with Crippen LogP contribution < -0.4 is 4.90 Å². The summed E-state index contributed by atoms with van der Waals surface area (Å²) in [4.78, 5) is 14.4. The number of halogens is 1. The lowest BCUT2D eigenvalue weighted by molar-refractivity contribution is 0.0982. The SMILES string of the molecule is Cc1ccc(N(C(=O)c2cccc(F)c2)[C@@H]2C=CS(=O)(=O)C2)cc1C. The van der Waals surface area contributed by atoms with Crippen molar-refractivity contribution in [2.24, 2.45) is 0 Å². The van der Waals surface area contributed by atoms with Gasteiger partial charge < -0.3 is 4.90 Å². The summed E-state index contributed by atoms with van der Waals surface area (Å²) in [6.45, 7) is 3.88. The fraction of sp³-hybridized carbons (Fsp3) is 0.211. The van der Waals surface area contributed by atoms with Gasteiger partial charge >= 0.3 is 0 Å². The third-order valence-corrected chi connectivity index (χ3v) is 5.68. The Labute approximate surface area is 146 Å². The molecule has 0 unspecified atom stereocenters. The van der Waals surface area contributed by atoms with Gasteiger partial charge in [0.05, 0.1) is 11.8 Å². The van der Waals surface area contributed by atoms with Crippen molar-refractivity contribution in [2.75, 3.05) is 10.7 Å². The minimum Gasteiger partial charge on any atom is -0.300 e. The number of benzene rings is 2. The monoisotopic (exact) mass is 359 g/mol. The predicted molar refractivity (Wildman–Crippen MR) is 95.8 cm³/mol. The first kappa shape index (κ1) is 17.4. The number of amides is 1. The lowest BCUT2D eigenvalue weighted by Crippen LogP contribution is -2.41. The first-order chi connectivity index (χ1) is 11.8. The van der Waals surface area contributed by atoms with Gasteiger partial charge in [-0.05, 0) is 61.4 Å². The van der Waals surface area contributed by atoms with Crippen molar-refractivity contribution in [3.8, 4) is 0 Å². The van der Waals surface area contributed by atoms with Crippen molar-refractivity contribution >= 4 is 21.4 Å². The van der Waals surface area contributed by atoms with Crippen LogP contribution in [0.3, 0.4) is 0 Å². The molecule has 1 heterocycles. The van der Waals surface area contributed by atoms with Gasteiger partial charge in [-0.1, -0.05) is 12.1 Å². The molecule has 0 bridgehead atoms. The van der Waals surface area contributed by atoms with E-state index in [0.717, 1.165) is 22.6 Å². The molecule has 2 aromatic rings. The van der Waals surface area contributed by atoms with Crippen LogP contribution in [-0.2, 0) is 9.84 Å². The number of sulfone groups is 1. The first-order valence-corrected chi connectivity index (χ1v) is 9.56. The largest absolute Gasteiger partial charge is 0.300 e. The molecular formula is C19H18FNO3S. The van der Waals surface area contributed by atoms with Gasteiger partial charge in [0.15, 0.2) is 9.84 Å². The zero-order valence-electron chi connectivity index (χ0n) is 13.9. The minimum absolute atomic E-state index is 0.177. The summed E-state index contributed by atoms with van der Waals surface area (Å²) in [6.07, 6.45) is 1.50. The van der Waals surface area contributed by atoms with Crippen LogP contribution in [0.15, 0.2) is 53.9 Å². The Morgan fingerprint density at radius 3 is 2.48 bits per heavy atom. The second-order valence-corrected chi connectivity index (χ2v) is 8.11. The summed E-state index contributed by atoms with van der Waals surface area (Å²) >= 11 is 0. The van der Waals surface area contributed by atoms with Crippen LogP contribution in [0.25, 0.3) is 0 Å². The Hall–Kier alpha value is -2.47. The highest BCUT2D eigenvalue weighted by molar-refractivity contribution is 7.94. The molecule has 0 fully saturated rings. The van der Waals surface area contributed by atoms with Crippen LogP contribution in [0.5, 0.6) is 0 Å². The Morgan fingerprint density at radius 2 is 1.88 bits per heavy atom. The van der Waals surface area contributed by atoms with Crippen LogP contribution >= 0.6 is 0 Å². The van der Waals surface area contributed by atoms with Gasteiger partial charge in [0.1, 0.15) is 5.82 Å². The van der Waals surface area contributed by atoms with E-state index in [9.17, 15) is 17.6 Å². The molecule has 0 spiro atoms. The molecular weight excluding hydrogens is 341 g/mol. The summed E-state index contributed by atoms with van der Waals surface area (Å²) in [5.41, 5.74) is 2.82. The van der Waals surface area contributed by atoms with Gasteiger partial charge in [-0.25, -0.2) is 12.8 Å². The summed E-state index contributed by atoms with van der Waals surface area (Å²) in [7, 11) is -3.34. The lowest BCUT2D eigenvalue weighted by Gasteiger charge is -2.28. The van der Waals surface area contributed by atoms with E-state index in [1.165, 1.54) is 29.2 Å². The molecule has 0 saturated heterocycles. The molecule has 1 aliphatic rings. The van der Waals surface area contributed by atoms with E-state index in [0.29, 0.717) is 5.69 Å². The first-order valence-electron chi connectivity index (χ1n) is 7.84. The van der Waals surface area contributed by atoms with Gasteiger partial charge in [-0.3, -0.25) is 4.79 Å². The molecule has 3 rings (SSSR count). The van der Waals surface area contributed by atoms with Crippen LogP contribution in [-0.4, -0.2) is 26.1 Å². The summed E-state index contributed by atoms with van der Waals surface area (Å²) in [6, 6.07) is 10.3. The Balaban J connectivity index is 2.07. The second kappa shape index (κ2) is 6.44. The molecule has 1 aliphatic heterocycles. The second-order valence-electron chi connectivity index (χ2n) is 6.18. The zero-order valence-corrected chi connectivity index (χ0v) is 14.8. The van der Waals surface area contributed by atoms with Crippen molar-refractivity contribution in [3.63, 3.8) is 0 Å². The minimum atomic E-state index is -3.34. The standard InChI is InChI=1S/C19H18FNO3S/c1-13-6-7-17(10-14(13)2)21(18-8-9-25(23,24)12-18)19(22)15-4-3-5-16(20)11-15/h3-11,18H,12H2,1-2H3/t18-/m1/s1. The molecule has 130 valence electrons. The maximum atomic E-state index is 13.5. The third-order valence-electron chi connectivity index (χ3n) is 4.30. The van der Waals surface area contributed by atoms with Crippen molar-refractivity contribution in [3.05, 3.63) is 76.5 Å². The fourth-order valence-corrected chi connectivity index (χ4v) is 4.08. The van der Waals surface area contributed by atoms with Crippen LogP contribution in [0.4, 0.5) is 10.1 Å². The maximum absolute atomic E-state index is 13.5. The Morgan fingerprint density at radius 1 is 1.12 bits per heavy atom. The zero-order chi connectivity index (χ0) is 18.2. The Kier molecular flexibility index (Phi) is 4.47. The van der Waals surface area contributed by atoms with Crippen molar-refractivity contribution in [1.82, 2.24) is 0 Å². The number of hydrogen-bond acceptors (Lipinski definition) is 3. The highest BCUT2D eigenvalue weighted by Crippen LogP contribution is 2.27. The smallest absolute Gasteiger partial charge is 0.258 e. The normalized spacial score (nSPS) is 18.3. The van der Waals surface area contributed by atoms with E-state index in [4.69, 9.17) is 0 Å². The van der Waals surface area contributed by atoms with Crippen molar-refractivity contribution in [1.29, 1.82) is 0 Å². The number of anilines is 1. The molecule has 0 aromatic heterocycles. The van der Waals surface area contributed by atoms with Crippen molar-refractivity contribution < 1.29 is 17.6 Å². The number of hydrogen-bond donors (Lipinski definition) is 0. The third kappa shape index (κ3) is 3.64. The van der Waals surface area contributed by atoms with Gasteiger partial charge in [0.25, 0.3) is 5.91 Å². The average Bonchev–Trinajstić information content (AvgIpc) is 2.90. The lowest BCUT2D eigenvalue weighted by atomic mass is 10.1. The van der Waals surface area contributed by atoms with E-state index < -0.39 is 27.6 Å². The molecule has 1 amide bonds. The fourth-order valence-electron chi connectivity index (χ4n) is 2.82.